The number of fused-ring (bicyclic) bond motifs is 1. The smallest absolute Gasteiger partial charge is 0.338 e. The number of hydrogen-bond donors (Lipinski definition) is 1. The molecule has 0 aliphatic rings. The SMILES string of the molecule is Cc1ccc(-c2nc3ccc(C(=O)OC(C)C(=O)Nc4cc(C)ccc4C)cc3nc2-c2ccc(C)cc2)cc1. The summed E-state index contributed by atoms with van der Waals surface area (Å²) in [5, 5.41) is 2.85. The van der Waals surface area contributed by atoms with E-state index in [2.05, 4.69) is 17.4 Å². The summed E-state index contributed by atoms with van der Waals surface area (Å²) in [6, 6.07) is 27.2. The van der Waals surface area contributed by atoms with Crippen molar-refractivity contribution in [3.8, 4) is 22.5 Å². The van der Waals surface area contributed by atoms with Gasteiger partial charge in [-0.25, -0.2) is 14.8 Å². The van der Waals surface area contributed by atoms with Crippen LogP contribution in [0.4, 0.5) is 5.69 Å². The molecule has 0 aliphatic heterocycles. The van der Waals surface area contributed by atoms with Crippen molar-refractivity contribution in [3.05, 3.63) is 113 Å². The van der Waals surface area contributed by atoms with Crippen molar-refractivity contribution >= 4 is 28.6 Å². The van der Waals surface area contributed by atoms with E-state index >= 15 is 0 Å². The number of aromatic nitrogens is 2. The minimum absolute atomic E-state index is 0.297. The molecule has 1 N–H and O–H groups in total. The summed E-state index contributed by atoms with van der Waals surface area (Å²) in [5.41, 5.74) is 9.86. The summed E-state index contributed by atoms with van der Waals surface area (Å²) in [6.45, 7) is 9.51. The lowest BCUT2D eigenvalue weighted by atomic mass is 10.0. The molecule has 1 amide bonds. The molecular formula is C34H31N3O3. The predicted molar refractivity (Wildman–Crippen MR) is 159 cm³/mol. The number of benzene rings is 4. The Kier molecular flexibility index (Phi) is 7.43. The lowest BCUT2D eigenvalue weighted by molar-refractivity contribution is -0.123. The molecule has 5 aromatic rings. The van der Waals surface area contributed by atoms with Gasteiger partial charge in [0.1, 0.15) is 0 Å². The fraction of sp³-hybridized carbons (Fsp3) is 0.176. The normalized spacial score (nSPS) is 11.7. The molecule has 0 aliphatic carbocycles. The first kappa shape index (κ1) is 26.8. The van der Waals surface area contributed by atoms with Crippen LogP contribution in [0, 0.1) is 27.7 Å². The Hall–Kier alpha value is -4.84. The van der Waals surface area contributed by atoms with Crippen molar-refractivity contribution in [2.24, 2.45) is 0 Å². The Labute approximate surface area is 234 Å². The van der Waals surface area contributed by atoms with Crippen LogP contribution < -0.4 is 5.32 Å². The number of hydrogen-bond acceptors (Lipinski definition) is 5. The van der Waals surface area contributed by atoms with Gasteiger partial charge in [-0.15, -0.1) is 0 Å². The minimum atomic E-state index is -0.985. The largest absolute Gasteiger partial charge is 0.449 e. The van der Waals surface area contributed by atoms with Gasteiger partial charge in [-0.3, -0.25) is 4.79 Å². The van der Waals surface area contributed by atoms with Crippen LogP contribution in [0.2, 0.25) is 0 Å². The number of anilines is 1. The number of carbonyl (C=O) groups excluding carboxylic acids is 2. The number of aryl methyl sites for hydroxylation is 4. The van der Waals surface area contributed by atoms with E-state index < -0.39 is 18.0 Å². The summed E-state index contributed by atoms with van der Waals surface area (Å²) in [6.07, 6.45) is -0.985. The maximum atomic E-state index is 13.0. The zero-order valence-electron chi connectivity index (χ0n) is 23.3. The number of rotatable bonds is 6. The van der Waals surface area contributed by atoms with Gasteiger partial charge in [0.05, 0.1) is 28.0 Å². The van der Waals surface area contributed by atoms with E-state index in [9.17, 15) is 9.59 Å². The van der Waals surface area contributed by atoms with Crippen LogP contribution in [0.5, 0.6) is 0 Å². The maximum absolute atomic E-state index is 13.0. The molecule has 1 aromatic heterocycles. The molecule has 6 heteroatoms. The van der Waals surface area contributed by atoms with Gasteiger partial charge < -0.3 is 10.1 Å². The number of nitrogens with one attached hydrogen (secondary N) is 1. The van der Waals surface area contributed by atoms with E-state index in [-0.39, 0.29) is 0 Å². The van der Waals surface area contributed by atoms with E-state index in [4.69, 9.17) is 14.7 Å². The summed E-state index contributed by atoms with van der Waals surface area (Å²) in [5.74, 6) is -1.00. The highest BCUT2D eigenvalue weighted by Gasteiger charge is 2.21. The molecule has 1 heterocycles. The Morgan fingerprint density at radius 1 is 0.675 bits per heavy atom. The van der Waals surface area contributed by atoms with E-state index in [1.165, 1.54) is 0 Å². The molecule has 4 aromatic carbocycles. The van der Waals surface area contributed by atoms with Crippen LogP contribution in [0.1, 0.15) is 39.5 Å². The highest BCUT2D eigenvalue weighted by Crippen LogP contribution is 2.32. The monoisotopic (exact) mass is 529 g/mol. The Morgan fingerprint density at radius 3 is 1.82 bits per heavy atom. The van der Waals surface area contributed by atoms with Crippen molar-refractivity contribution in [1.82, 2.24) is 9.97 Å². The first-order valence-corrected chi connectivity index (χ1v) is 13.2. The maximum Gasteiger partial charge on any atom is 0.338 e. The van der Waals surface area contributed by atoms with E-state index in [1.54, 1.807) is 25.1 Å². The number of carbonyl (C=O) groups is 2. The van der Waals surface area contributed by atoms with E-state index in [0.717, 1.165) is 44.8 Å². The molecular weight excluding hydrogens is 498 g/mol. The Morgan fingerprint density at radius 2 is 1.23 bits per heavy atom. The molecule has 200 valence electrons. The van der Waals surface area contributed by atoms with Crippen LogP contribution in [0.15, 0.2) is 84.9 Å². The number of esters is 1. The molecule has 0 saturated carbocycles. The summed E-state index contributed by atoms with van der Waals surface area (Å²) in [4.78, 5) is 35.7. The molecule has 0 bridgehead atoms. The molecule has 0 spiro atoms. The highest BCUT2D eigenvalue weighted by molar-refractivity contribution is 5.99. The summed E-state index contributed by atoms with van der Waals surface area (Å²) in [7, 11) is 0. The van der Waals surface area contributed by atoms with Crippen molar-refractivity contribution in [1.29, 1.82) is 0 Å². The van der Waals surface area contributed by atoms with Crippen molar-refractivity contribution in [2.75, 3.05) is 5.32 Å². The third-order valence-corrected chi connectivity index (χ3v) is 6.85. The van der Waals surface area contributed by atoms with Crippen LogP contribution in [0.25, 0.3) is 33.5 Å². The first-order chi connectivity index (χ1) is 19.2. The lowest BCUT2D eigenvalue weighted by Gasteiger charge is -2.15. The van der Waals surface area contributed by atoms with Gasteiger partial charge in [0.2, 0.25) is 0 Å². The van der Waals surface area contributed by atoms with Gasteiger partial charge >= 0.3 is 5.97 Å². The second kappa shape index (κ2) is 11.1. The van der Waals surface area contributed by atoms with Gasteiger partial charge in [-0.1, -0.05) is 71.8 Å². The molecule has 1 unspecified atom stereocenters. The van der Waals surface area contributed by atoms with Crippen LogP contribution in [0.3, 0.4) is 0 Å². The third-order valence-electron chi connectivity index (χ3n) is 6.85. The zero-order chi connectivity index (χ0) is 28.4. The van der Waals surface area contributed by atoms with Gasteiger partial charge in [0.15, 0.2) is 6.10 Å². The summed E-state index contributed by atoms with van der Waals surface area (Å²) < 4.78 is 5.52. The van der Waals surface area contributed by atoms with Crippen molar-refractivity contribution in [3.63, 3.8) is 0 Å². The molecule has 0 fully saturated rings. The average Bonchev–Trinajstić information content (AvgIpc) is 2.94. The third kappa shape index (κ3) is 5.76. The van der Waals surface area contributed by atoms with Crippen LogP contribution in [-0.4, -0.2) is 27.9 Å². The Bertz CT molecular complexity index is 1730. The zero-order valence-corrected chi connectivity index (χ0v) is 23.3. The highest BCUT2D eigenvalue weighted by atomic mass is 16.5. The van der Waals surface area contributed by atoms with Gasteiger partial charge in [-0.2, -0.15) is 0 Å². The molecule has 5 rings (SSSR count). The number of nitrogens with zero attached hydrogens (tertiary/aromatic N) is 2. The van der Waals surface area contributed by atoms with Crippen molar-refractivity contribution < 1.29 is 14.3 Å². The molecule has 6 nitrogen and oxygen atoms in total. The summed E-state index contributed by atoms with van der Waals surface area (Å²) >= 11 is 0. The molecule has 0 radical (unpaired) electrons. The first-order valence-electron chi connectivity index (χ1n) is 13.2. The fourth-order valence-electron chi connectivity index (χ4n) is 4.39. The number of amides is 1. The van der Waals surface area contributed by atoms with Gasteiger partial charge in [0.25, 0.3) is 5.91 Å². The second-order valence-electron chi connectivity index (χ2n) is 10.2. The quantitative estimate of drug-likeness (QED) is 0.232. The standard InChI is InChI=1S/C34H31N3O3/c1-20-7-12-25(13-8-20)31-32(26-14-9-21(2)10-15-26)36-30-19-27(16-17-28(30)35-31)34(39)40-24(5)33(38)37-29-18-22(3)6-11-23(29)4/h6-19,24H,1-5H3,(H,37,38). The van der Waals surface area contributed by atoms with Crippen molar-refractivity contribution in [2.45, 2.75) is 40.7 Å². The van der Waals surface area contributed by atoms with Gasteiger partial charge in [0, 0.05) is 16.8 Å². The van der Waals surface area contributed by atoms with Crippen LogP contribution >= 0.6 is 0 Å². The molecule has 0 saturated heterocycles. The van der Waals surface area contributed by atoms with Crippen LogP contribution in [-0.2, 0) is 9.53 Å². The number of ether oxygens (including phenoxy) is 1. The second-order valence-corrected chi connectivity index (χ2v) is 10.2. The predicted octanol–water partition coefficient (Wildman–Crippen LogP) is 7.38. The van der Waals surface area contributed by atoms with Gasteiger partial charge in [-0.05, 0) is 70.0 Å². The topological polar surface area (TPSA) is 81.2 Å². The molecule has 1 atom stereocenters. The Balaban J connectivity index is 1.44. The fourth-order valence-corrected chi connectivity index (χ4v) is 4.39. The average molecular weight is 530 g/mol. The van der Waals surface area contributed by atoms with E-state index in [0.29, 0.717) is 22.3 Å². The minimum Gasteiger partial charge on any atom is -0.449 e. The van der Waals surface area contributed by atoms with E-state index in [1.807, 2.05) is 82.3 Å². The molecule has 40 heavy (non-hydrogen) atoms. The lowest BCUT2D eigenvalue weighted by Crippen LogP contribution is -2.30.